The zero-order chi connectivity index (χ0) is 42.9. The van der Waals surface area contributed by atoms with Crippen LogP contribution in [0.5, 0.6) is 23.0 Å². The molecule has 0 aliphatic carbocycles. The molecule has 0 radical (unpaired) electrons. The number of piperidine rings is 2. The van der Waals surface area contributed by atoms with Crippen molar-refractivity contribution in [2.45, 2.75) is 50.6 Å². The van der Waals surface area contributed by atoms with Crippen LogP contribution in [0.4, 0.5) is 0 Å². The monoisotopic (exact) mass is 830 g/mol. The molecular weight excluding hydrogens is 773 g/mol. The van der Waals surface area contributed by atoms with E-state index in [0.717, 1.165) is 128 Å². The van der Waals surface area contributed by atoms with Gasteiger partial charge in [0.05, 0.1) is 20.8 Å². The summed E-state index contributed by atoms with van der Waals surface area (Å²) >= 11 is 0. The number of rotatable bonds is 15. The van der Waals surface area contributed by atoms with Crippen LogP contribution in [-0.4, -0.2) is 108 Å². The summed E-state index contributed by atoms with van der Waals surface area (Å²) in [5, 5.41) is 21.5. The van der Waals surface area contributed by atoms with E-state index in [1.807, 2.05) is 48.5 Å². The molecular formula is C48H58N6O7. The first-order chi connectivity index (χ1) is 29.7. The number of nitrogens with zero attached hydrogens (tertiary/aromatic N) is 4. The van der Waals surface area contributed by atoms with Crippen LogP contribution in [0.2, 0.25) is 0 Å². The summed E-state index contributed by atoms with van der Waals surface area (Å²) in [7, 11) is 3.31. The number of methoxy groups -OCH3 is 2. The molecule has 2 aliphatic heterocycles. The lowest BCUT2D eigenvalue weighted by molar-refractivity contribution is 0.0992. The van der Waals surface area contributed by atoms with Gasteiger partial charge >= 0.3 is 0 Å². The van der Waals surface area contributed by atoms with E-state index in [9.17, 15) is 14.7 Å². The average molecular weight is 831 g/mol. The molecule has 322 valence electrons. The first-order valence-corrected chi connectivity index (χ1v) is 21.2. The lowest BCUT2D eigenvalue weighted by atomic mass is 10.0. The number of aliphatic hydroxyl groups excluding tert-OH is 1. The molecule has 13 nitrogen and oxygen atoms in total. The Morgan fingerprint density at radius 2 is 1.10 bits per heavy atom. The number of nitrogens with two attached hydrogens (primary N) is 2. The third-order valence-corrected chi connectivity index (χ3v) is 12.3. The Balaban J connectivity index is 0.000000185. The number of ether oxygens (including phenoxy) is 3. The topological polar surface area (TPSA) is 171 Å². The van der Waals surface area contributed by atoms with Crippen molar-refractivity contribution in [1.29, 1.82) is 0 Å². The van der Waals surface area contributed by atoms with Crippen LogP contribution in [0, 0.1) is 0 Å². The number of likely N-dealkylation sites (tertiary alicyclic amines) is 2. The van der Waals surface area contributed by atoms with Crippen molar-refractivity contribution in [3.63, 3.8) is 0 Å². The molecule has 0 atom stereocenters. The summed E-state index contributed by atoms with van der Waals surface area (Å²) in [5.74, 6) is 1.84. The van der Waals surface area contributed by atoms with Crippen LogP contribution >= 0.6 is 0 Å². The van der Waals surface area contributed by atoms with Gasteiger partial charge in [0.1, 0.15) is 29.6 Å². The predicted molar refractivity (Wildman–Crippen MR) is 238 cm³/mol. The number of aliphatic hydroxyl groups is 1. The van der Waals surface area contributed by atoms with Gasteiger partial charge in [-0.1, -0.05) is 24.3 Å². The van der Waals surface area contributed by atoms with Crippen LogP contribution in [0.3, 0.4) is 0 Å². The first kappa shape index (κ1) is 43.1. The minimum absolute atomic E-state index is 0.0147. The number of carbonyl (C=O) groups excluding carboxylic acids is 2. The summed E-state index contributed by atoms with van der Waals surface area (Å²) in [6.07, 6.45) is 10.00. The average Bonchev–Trinajstić information content (AvgIpc) is 3.92. The number of carbonyl (C=O) groups is 2. The summed E-state index contributed by atoms with van der Waals surface area (Å²) < 4.78 is 21.2. The molecule has 8 rings (SSSR count). The smallest absolute Gasteiger partial charge is 0.248 e. The van der Waals surface area contributed by atoms with Crippen molar-refractivity contribution in [3.05, 3.63) is 120 Å². The van der Waals surface area contributed by atoms with Crippen LogP contribution < -0.4 is 25.7 Å². The number of benzene rings is 4. The fourth-order valence-electron chi connectivity index (χ4n) is 8.89. The number of aromatic nitrogens is 2. The molecule has 6 N–H and O–H groups in total. The molecule has 61 heavy (non-hydrogen) atoms. The number of hydrogen-bond acceptors (Lipinski definition) is 9. The summed E-state index contributed by atoms with van der Waals surface area (Å²) in [6, 6.07) is 27.5. The van der Waals surface area contributed by atoms with Gasteiger partial charge in [-0.2, -0.15) is 0 Å². The SMILES string of the molecule is COc1cccc(O)c1CCN1CCC(n2ccc3ccc(C(N)=O)cc32)CC1.COc1cccc(OCCO)c1CCN1CCC(n2ccc3ccc(C(N)=O)cc32)CC1. The molecule has 2 fully saturated rings. The number of amides is 2. The number of fused-ring (bicyclic) bond motifs is 2. The van der Waals surface area contributed by atoms with E-state index >= 15 is 0 Å². The summed E-state index contributed by atoms with van der Waals surface area (Å²) in [5.41, 5.74) is 16.1. The Bertz CT molecular complexity index is 2430. The van der Waals surface area contributed by atoms with Gasteiger partial charge in [0.15, 0.2) is 0 Å². The third kappa shape index (κ3) is 10.1. The van der Waals surface area contributed by atoms with Crippen LogP contribution in [0.1, 0.15) is 69.6 Å². The second kappa shape index (κ2) is 20.0. The largest absolute Gasteiger partial charge is 0.508 e. The molecule has 6 aromatic rings. The highest BCUT2D eigenvalue weighted by atomic mass is 16.5. The first-order valence-electron chi connectivity index (χ1n) is 21.2. The fourth-order valence-corrected chi connectivity index (χ4v) is 8.89. The van der Waals surface area contributed by atoms with E-state index in [4.69, 9.17) is 30.8 Å². The fraction of sp³-hybridized carbons (Fsp3) is 0.375. The maximum absolute atomic E-state index is 11.6. The van der Waals surface area contributed by atoms with Gasteiger partial charge in [0.2, 0.25) is 11.8 Å². The molecule has 0 spiro atoms. The van der Waals surface area contributed by atoms with Crippen molar-refractivity contribution in [3.8, 4) is 23.0 Å². The number of phenolic OH excluding ortho intramolecular Hbond substituents is 1. The Kier molecular flexibility index (Phi) is 14.1. The zero-order valence-corrected chi connectivity index (χ0v) is 35.2. The molecule has 2 saturated heterocycles. The van der Waals surface area contributed by atoms with Crippen LogP contribution in [-0.2, 0) is 12.8 Å². The second-order valence-electron chi connectivity index (χ2n) is 15.8. The molecule has 4 aromatic carbocycles. The van der Waals surface area contributed by atoms with Crippen LogP contribution in [0.25, 0.3) is 21.8 Å². The number of hydrogen-bond donors (Lipinski definition) is 4. The molecule has 0 bridgehead atoms. The maximum atomic E-state index is 11.6. The van der Waals surface area contributed by atoms with E-state index in [-0.39, 0.29) is 13.2 Å². The van der Waals surface area contributed by atoms with E-state index in [0.29, 0.717) is 29.0 Å². The van der Waals surface area contributed by atoms with E-state index in [1.165, 1.54) is 0 Å². The second-order valence-corrected chi connectivity index (χ2v) is 15.8. The molecule has 0 saturated carbocycles. The van der Waals surface area contributed by atoms with Gasteiger partial charge in [-0.05, 0) is 110 Å². The van der Waals surface area contributed by atoms with Gasteiger partial charge in [0.25, 0.3) is 0 Å². The van der Waals surface area contributed by atoms with Gasteiger partial charge in [-0.3, -0.25) is 9.59 Å². The Morgan fingerprint density at radius 3 is 1.57 bits per heavy atom. The lowest BCUT2D eigenvalue weighted by Gasteiger charge is -2.33. The number of primary amides is 2. The molecule has 2 aliphatic rings. The zero-order valence-electron chi connectivity index (χ0n) is 35.2. The summed E-state index contributed by atoms with van der Waals surface area (Å²) in [4.78, 5) is 28.0. The van der Waals surface area contributed by atoms with Gasteiger partial charge < -0.3 is 54.8 Å². The van der Waals surface area contributed by atoms with Crippen molar-refractivity contribution in [1.82, 2.24) is 18.9 Å². The van der Waals surface area contributed by atoms with Gasteiger partial charge in [-0.25, -0.2) is 0 Å². The number of phenols is 1. The highest BCUT2D eigenvalue weighted by Crippen LogP contribution is 2.33. The van der Waals surface area contributed by atoms with E-state index in [2.05, 4.69) is 43.5 Å². The molecule has 0 unspecified atom stereocenters. The van der Waals surface area contributed by atoms with Crippen molar-refractivity contribution >= 4 is 33.6 Å². The Morgan fingerprint density at radius 1 is 0.639 bits per heavy atom. The molecule has 2 amide bonds. The number of aromatic hydroxyl groups is 1. The van der Waals surface area contributed by atoms with Gasteiger partial charge in [-0.15, -0.1) is 0 Å². The highest BCUT2D eigenvalue weighted by molar-refractivity contribution is 5.97. The third-order valence-electron chi connectivity index (χ3n) is 12.3. The Hall–Kier alpha value is -6.02. The highest BCUT2D eigenvalue weighted by Gasteiger charge is 2.24. The molecule has 2 aromatic heterocycles. The summed E-state index contributed by atoms with van der Waals surface area (Å²) in [6.45, 7) is 6.06. The minimum atomic E-state index is -0.395. The molecule has 13 heteroatoms. The van der Waals surface area contributed by atoms with Crippen LogP contribution in [0.15, 0.2) is 97.3 Å². The maximum Gasteiger partial charge on any atom is 0.248 e. The lowest BCUT2D eigenvalue weighted by Crippen LogP contribution is -2.36. The minimum Gasteiger partial charge on any atom is -0.508 e. The standard InChI is InChI=1S/C25H31N3O4.C23H27N3O3/c1-31-23-3-2-4-24(32-16-15-29)21(23)10-13-27-11-8-20(9-12-27)28-14-7-18-5-6-19(25(26)30)17-22(18)28;1-29-22-4-2-3-21(27)19(22)10-13-25-11-8-18(9-12-25)26-14-7-16-5-6-17(23(24)28)15-20(16)26/h2-7,14,17,20,29H,8-13,15-16H2,1H3,(H2,26,30);2-7,14-15,18,27H,8-13H2,1H3,(H2,24,28). The predicted octanol–water partition coefficient (Wildman–Crippen LogP) is 6.33. The normalized spacial score (nSPS) is 15.4. The van der Waals surface area contributed by atoms with E-state index < -0.39 is 11.8 Å². The quantitative estimate of drug-likeness (QED) is 0.0924. The van der Waals surface area contributed by atoms with Crippen molar-refractivity contribution in [2.75, 3.05) is 66.7 Å². The van der Waals surface area contributed by atoms with Crippen molar-refractivity contribution < 1.29 is 34.0 Å². The molecule has 4 heterocycles. The van der Waals surface area contributed by atoms with Crippen molar-refractivity contribution in [2.24, 2.45) is 11.5 Å². The Labute approximate surface area is 357 Å². The van der Waals surface area contributed by atoms with Gasteiger partial charge in [0, 0.05) is 97.0 Å². The van der Waals surface area contributed by atoms with E-state index in [1.54, 1.807) is 38.5 Å².